The number of anilines is 1. The number of aromatic nitrogens is 1. The van der Waals surface area contributed by atoms with Gasteiger partial charge in [-0.2, -0.15) is 13.2 Å². The molecule has 0 spiro atoms. The van der Waals surface area contributed by atoms with Crippen LogP contribution in [0.1, 0.15) is 31.2 Å². The van der Waals surface area contributed by atoms with Gasteiger partial charge in [0.15, 0.2) is 0 Å². The molecule has 9 heteroatoms. The fourth-order valence-electron chi connectivity index (χ4n) is 2.45. The molecule has 0 saturated heterocycles. The average molecular weight is 331 g/mol. The molecule has 0 atom stereocenters. The number of carbonyl (C=O) groups excluding carboxylic acids is 2. The standard InChI is InChI=1S/C14H16F3N3O3/c15-14(16,17)9-5-10(11(21)19-7-9)20-13(23)12(22)18-6-8-3-1-2-4-8/h5,7-8H,1-4,6H2,(H,18,22)(H,19,21)(H,20,23). The summed E-state index contributed by atoms with van der Waals surface area (Å²) >= 11 is 0. The summed E-state index contributed by atoms with van der Waals surface area (Å²) < 4.78 is 37.7. The molecule has 1 aromatic rings. The first-order valence-electron chi connectivity index (χ1n) is 7.16. The lowest BCUT2D eigenvalue weighted by molar-refractivity contribution is -0.137. The SMILES string of the molecule is O=C(NCC1CCCC1)C(=O)Nc1cc(C(F)(F)F)c[nH]c1=O. The first kappa shape index (κ1) is 17.0. The largest absolute Gasteiger partial charge is 0.417 e. The van der Waals surface area contributed by atoms with Gasteiger partial charge in [-0.25, -0.2) is 0 Å². The number of pyridine rings is 1. The van der Waals surface area contributed by atoms with Gasteiger partial charge in [0.05, 0.1) is 5.56 Å². The number of H-pyrrole nitrogens is 1. The topological polar surface area (TPSA) is 91.1 Å². The Morgan fingerprint density at radius 1 is 1.22 bits per heavy atom. The number of halogens is 3. The lowest BCUT2D eigenvalue weighted by Crippen LogP contribution is -2.38. The van der Waals surface area contributed by atoms with Crippen molar-refractivity contribution in [2.75, 3.05) is 11.9 Å². The number of hydrogen-bond acceptors (Lipinski definition) is 3. The van der Waals surface area contributed by atoms with Crippen LogP contribution in [-0.2, 0) is 15.8 Å². The highest BCUT2D eigenvalue weighted by Gasteiger charge is 2.31. The van der Waals surface area contributed by atoms with E-state index in [2.05, 4.69) is 5.32 Å². The third kappa shape index (κ3) is 4.57. The number of aromatic amines is 1. The quantitative estimate of drug-likeness (QED) is 0.735. The monoisotopic (exact) mass is 331 g/mol. The van der Waals surface area contributed by atoms with Gasteiger partial charge in [-0.3, -0.25) is 14.4 Å². The summed E-state index contributed by atoms with van der Waals surface area (Å²) in [4.78, 5) is 36.6. The van der Waals surface area contributed by atoms with Crippen LogP contribution in [0.2, 0.25) is 0 Å². The normalized spacial score (nSPS) is 15.4. The Labute approximate surface area is 129 Å². The van der Waals surface area contributed by atoms with E-state index in [1.165, 1.54) is 0 Å². The number of hydrogen-bond donors (Lipinski definition) is 3. The summed E-state index contributed by atoms with van der Waals surface area (Å²) in [6.45, 7) is 0.338. The minimum atomic E-state index is -4.67. The molecule has 0 bridgehead atoms. The Hall–Kier alpha value is -2.32. The third-order valence-electron chi connectivity index (χ3n) is 3.71. The molecule has 2 amide bonds. The molecule has 0 aromatic carbocycles. The van der Waals surface area contributed by atoms with E-state index in [4.69, 9.17) is 0 Å². The van der Waals surface area contributed by atoms with Gasteiger partial charge in [0.1, 0.15) is 5.69 Å². The molecule has 1 aliphatic rings. The van der Waals surface area contributed by atoms with Crippen LogP contribution >= 0.6 is 0 Å². The van der Waals surface area contributed by atoms with Gasteiger partial charge in [0.25, 0.3) is 5.56 Å². The van der Waals surface area contributed by atoms with Gasteiger partial charge in [0.2, 0.25) is 0 Å². The molecule has 3 N–H and O–H groups in total. The maximum absolute atomic E-state index is 12.6. The van der Waals surface area contributed by atoms with Crippen LogP contribution in [-0.4, -0.2) is 23.3 Å². The highest BCUT2D eigenvalue weighted by Crippen LogP contribution is 2.29. The van der Waals surface area contributed by atoms with Crippen LogP contribution in [0.15, 0.2) is 17.1 Å². The first-order chi connectivity index (χ1) is 10.8. The Morgan fingerprint density at radius 2 is 1.87 bits per heavy atom. The van der Waals surface area contributed by atoms with Crippen molar-refractivity contribution in [3.63, 3.8) is 0 Å². The Bertz CT molecular complexity index is 649. The van der Waals surface area contributed by atoms with E-state index in [0.29, 0.717) is 24.7 Å². The second-order valence-electron chi connectivity index (χ2n) is 5.44. The molecule has 0 radical (unpaired) electrons. The van der Waals surface area contributed by atoms with Crippen LogP contribution < -0.4 is 16.2 Å². The van der Waals surface area contributed by atoms with Crippen LogP contribution in [0.4, 0.5) is 18.9 Å². The maximum Gasteiger partial charge on any atom is 0.417 e. The zero-order chi connectivity index (χ0) is 17.0. The predicted molar refractivity (Wildman–Crippen MR) is 75.7 cm³/mol. The summed E-state index contributed by atoms with van der Waals surface area (Å²) in [5.41, 5.74) is -2.67. The van der Waals surface area contributed by atoms with E-state index >= 15 is 0 Å². The molecule has 1 aliphatic carbocycles. The Balaban J connectivity index is 1.98. The van der Waals surface area contributed by atoms with Crippen LogP contribution in [0.5, 0.6) is 0 Å². The van der Waals surface area contributed by atoms with E-state index in [9.17, 15) is 27.6 Å². The average Bonchev–Trinajstić information content (AvgIpc) is 2.99. The molecule has 0 aliphatic heterocycles. The number of nitrogens with one attached hydrogen (secondary N) is 3. The van der Waals surface area contributed by atoms with Crippen molar-refractivity contribution in [3.8, 4) is 0 Å². The zero-order valence-electron chi connectivity index (χ0n) is 12.1. The van der Waals surface area contributed by atoms with E-state index in [-0.39, 0.29) is 0 Å². The molecule has 1 saturated carbocycles. The molecule has 1 fully saturated rings. The molecule has 1 aromatic heterocycles. The molecule has 2 rings (SSSR count). The van der Waals surface area contributed by atoms with Gasteiger partial charge in [-0.05, 0) is 24.8 Å². The van der Waals surface area contributed by atoms with Crippen LogP contribution in [0, 0.1) is 5.92 Å². The van der Waals surface area contributed by atoms with Gasteiger partial charge < -0.3 is 15.6 Å². The summed E-state index contributed by atoms with van der Waals surface area (Å²) in [7, 11) is 0. The van der Waals surface area contributed by atoms with Crippen molar-refractivity contribution in [1.82, 2.24) is 10.3 Å². The van der Waals surface area contributed by atoms with Gasteiger partial charge in [-0.15, -0.1) is 0 Å². The smallest absolute Gasteiger partial charge is 0.348 e. The fraction of sp³-hybridized carbons (Fsp3) is 0.500. The lowest BCUT2D eigenvalue weighted by Gasteiger charge is -2.11. The van der Waals surface area contributed by atoms with Crippen molar-refractivity contribution in [2.45, 2.75) is 31.9 Å². The number of amides is 2. The third-order valence-corrected chi connectivity index (χ3v) is 3.71. The summed E-state index contributed by atoms with van der Waals surface area (Å²) in [5.74, 6) is -1.84. The maximum atomic E-state index is 12.6. The first-order valence-corrected chi connectivity index (χ1v) is 7.16. The summed E-state index contributed by atoms with van der Waals surface area (Å²) in [6.07, 6.45) is -0.0877. The van der Waals surface area contributed by atoms with Gasteiger partial charge >= 0.3 is 18.0 Å². The zero-order valence-corrected chi connectivity index (χ0v) is 12.1. The van der Waals surface area contributed by atoms with E-state index in [1.54, 1.807) is 0 Å². The van der Waals surface area contributed by atoms with Crippen LogP contribution in [0.25, 0.3) is 0 Å². The van der Waals surface area contributed by atoms with Crippen molar-refractivity contribution in [2.24, 2.45) is 5.92 Å². The Morgan fingerprint density at radius 3 is 2.48 bits per heavy atom. The molecule has 0 unspecified atom stereocenters. The van der Waals surface area contributed by atoms with Crippen LogP contribution in [0.3, 0.4) is 0 Å². The number of alkyl halides is 3. The molecule has 6 nitrogen and oxygen atoms in total. The summed E-state index contributed by atoms with van der Waals surface area (Å²) in [6, 6.07) is 0.487. The molecular formula is C14H16F3N3O3. The number of carbonyl (C=O) groups is 2. The highest BCUT2D eigenvalue weighted by atomic mass is 19.4. The van der Waals surface area contributed by atoms with Crippen molar-refractivity contribution in [3.05, 3.63) is 28.2 Å². The second-order valence-corrected chi connectivity index (χ2v) is 5.44. The van der Waals surface area contributed by atoms with Crippen molar-refractivity contribution < 1.29 is 22.8 Å². The fourth-order valence-corrected chi connectivity index (χ4v) is 2.45. The van der Waals surface area contributed by atoms with Gasteiger partial charge in [-0.1, -0.05) is 12.8 Å². The predicted octanol–water partition coefficient (Wildman–Crippen LogP) is 1.64. The van der Waals surface area contributed by atoms with Gasteiger partial charge in [0, 0.05) is 12.7 Å². The minimum absolute atomic E-state index is 0.309. The molecule has 126 valence electrons. The Kier molecular flexibility index (Phi) is 5.07. The lowest BCUT2D eigenvalue weighted by atomic mass is 10.1. The number of rotatable bonds is 3. The molecular weight excluding hydrogens is 315 g/mol. The molecule has 1 heterocycles. The van der Waals surface area contributed by atoms with E-state index in [1.807, 2.05) is 10.3 Å². The van der Waals surface area contributed by atoms with E-state index in [0.717, 1.165) is 25.7 Å². The summed E-state index contributed by atoms with van der Waals surface area (Å²) in [5, 5.41) is 4.33. The minimum Gasteiger partial charge on any atom is -0.348 e. The highest BCUT2D eigenvalue weighted by molar-refractivity contribution is 6.39. The van der Waals surface area contributed by atoms with Crippen molar-refractivity contribution >= 4 is 17.5 Å². The van der Waals surface area contributed by atoms with E-state index < -0.39 is 34.8 Å². The second kappa shape index (κ2) is 6.84. The molecule has 23 heavy (non-hydrogen) atoms. The van der Waals surface area contributed by atoms with Crippen molar-refractivity contribution in [1.29, 1.82) is 0 Å².